The fraction of sp³-hybridized carbons (Fsp3) is 0.708. The zero-order valence-corrected chi connectivity index (χ0v) is 18.7. The molecule has 3 N–H and O–H groups in total. The topological polar surface area (TPSA) is 38.0 Å². The van der Waals surface area contributed by atoms with Crippen LogP contribution in [0.4, 0.5) is 0 Å². The van der Waals surface area contributed by atoms with Crippen LogP contribution in [0.25, 0.3) is 0 Å². The number of hydrogen-bond acceptors (Lipinski definition) is 3. The van der Waals surface area contributed by atoms with Gasteiger partial charge in [-0.15, -0.1) is 0 Å². The van der Waals surface area contributed by atoms with Gasteiger partial charge in [-0.1, -0.05) is 42.5 Å². The predicted molar refractivity (Wildman–Crippen MR) is 124 cm³/mol. The van der Waals surface area contributed by atoms with Gasteiger partial charge in [0.05, 0.1) is 4.99 Å². The van der Waals surface area contributed by atoms with E-state index in [2.05, 4.69) is 53.7 Å². The summed E-state index contributed by atoms with van der Waals surface area (Å²) >= 11 is 8.14. The Balaban J connectivity index is 1.38. The normalized spacial score (nSPS) is 44.0. The maximum atomic E-state index is 6.11. The second-order valence-corrected chi connectivity index (χ2v) is 11.5. The van der Waals surface area contributed by atoms with E-state index in [1.807, 2.05) is 0 Å². The molecule has 5 atom stereocenters. The SMILES string of the molecule is CSCC12CC3CC(c4ccccc4)(CC1C3C(=S)NC1CCC(N)CC1)C2. The van der Waals surface area contributed by atoms with Crippen LogP contribution in [0.2, 0.25) is 0 Å². The summed E-state index contributed by atoms with van der Waals surface area (Å²) in [4.78, 5) is 1.20. The molecule has 5 unspecified atom stereocenters. The standard InChI is InChI=1S/C24H34N2S2/c1-28-15-24-12-16-11-23(14-24,17-5-3-2-4-6-17)13-20(24)21(16)22(27)26-19-9-7-18(25)8-10-19/h2-6,16,18-21H,7-15,25H2,1H3,(H,26,27). The minimum Gasteiger partial charge on any atom is -0.377 e. The molecule has 152 valence electrons. The fourth-order valence-corrected chi connectivity index (χ4v) is 9.20. The Morgan fingerprint density at radius 3 is 2.61 bits per heavy atom. The molecule has 0 spiro atoms. The summed E-state index contributed by atoms with van der Waals surface area (Å²) in [5, 5.41) is 3.83. The van der Waals surface area contributed by atoms with Crippen LogP contribution in [-0.4, -0.2) is 29.1 Å². The van der Waals surface area contributed by atoms with Gasteiger partial charge in [-0.05, 0) is 91.6 Å². The van der Waals surface area contributed by atoms with Crippen molar-refractivity contribution in [1.29, 1.82) is 0 Å². The van der Waals surface area contributed by atoms with Crippen LogP contribution >= 0.6 is 24.0 Å². The van der Waals surface area contributed by atoms with Crippen LogP contribution in [0, 0.1) is 23.2 Å². The lowest BCUT2D eigenvalue weighted by Crippen LogP contribution is -2.46. The van der Waals surface area contributed by atoms with Crippen molar-refractivity contribution >= 4 is 29.0 Å². The number of benzene rings is 1. The Kier molecular flexibility index (Phi) is 5.04. The number of nitrogens with two attached hydrogens (primary N) is 1. The van der Waals surface area contributed by atoms with Crippen molar-refractivity contribution in [2.45, 2.75) is 68.9 Å². The first kappa shape index (κ1) is 19.4. The van der Waals surface area contributed by atoms with E-state index in [1.54, 1.807) is 5.56 Å². The maximum absolute atomic E-state index is 6.11. The summed E-state index contributed by atoms with van der Waals surface area (Å²) < 4.78 is 0. The van der Waals surface area contributed by atoms with Crippen LogP contribution in [0.3, 0.4) is 0 Å². The van der Waals surface area contributed by atoms with Gasteiger partial charge in [0, 0.05) is 18.0 Å². The van der Waals surface area contributed by atoms with Crippen molar-refractivity contribution in [3.8, 4) is 0 Å². The lowest BCUT2D eigenvalue weighted by molar-refractivity contribution is 0.185. The zero-order chi connectivity index (χ0) is 19.4. The molecule has 2 nitrogen and oxygen atoms in total. The molecule has 1 aromatic rings. The molecule has 5 fully saturated rings. The average molecular weight is 415 g/mol. The number of hydrogen-bond donors (Lipinski definition) is 2. The summed E-state index contributed by atoms with van der Waals surface area (Å²) in [6.07, 6.45) is 12.4. The van der Waals surface area contributed by atoms with E-state index < -0.39 is 0 Å². The second kappa shape index (κ2) is 7.28. The first-order valence-electron chi connectivity index (χ1n) is 11.2. The molecule has 5 aliphatic carbocycles. The van der Waals surface area contributed by atoms with Gasteiger partial charge in [0.1, 0.15) is 0 Å². The van der Waals surface area contributed by atoms with Gasteiger partial charge in [-0.25, -0.2) is 0 Å². The monoisotopic (exact) mass is 414 g/mol. The number of nitrogens with one attached hydrogen (secondary N) is 1. The second-order valence-electron chi connectivity index (χ2n) is 10.2. The molecule has 5 aliphatic rings. The maximum Gasteiger partial charge on any atom is 0.0792 e. The van der Waals surface area contributed by atoms with Crippen molar-refractivity contribution in [2.24, 2.45) is 28.9 Å². The highest BCUT2D eigenvalue weighted by Gasteiger charge is 2.68. The van der Waals surface area contributed by atoms with E-state index in [-0.39, 0.29) is 0 Å². The third-order valence-electron chi connectivity index (χ3n) is 8.59. The number of thioether (sulfide) groups is 1. The first-order valence-corrected chi connectivity index (χ1v) is 13.0. The summed E-state index contributed by atoms with van der Waals surface area (Å²) in [5.41, 5.74) is 8.61. The Hall–Kier alpha value is -0.580. The lowest BCUT2D eigenvalue weighted by atomic mass is 9.62. The quantitative estimate of drug-likeness (QED) is 0.671. The van der Waals surface area contributed by atoms with Gasteiger partial charge in [0.25, 0.3) is 0 Å². The Morgan fingerprint density at radius 2 is 1.89 bits per heavy atom. The van der Waals surface area contributed by atoms with E-state index in [9.17, 15) is 0 Å². The van der Waals surface area contributed by atoms with Crippen LogP contribution in [0.1, 0.15) is 56.9 Å². The largest absolute Gasteiger partial charge is 0.377 e. The smallest absolute Gasteiger partial charge is 0.0792 e. The van der Waals surface area contributed by atoms with Gasteiger partial charge >= 0.3 is 0 Å². The zero-order valence-electron chi connectivity index (χ0n) is 17.0. The van der Waals surface area contributed by atoms with E-state index in [1.165, 1.54) is 49.3 Å². The summed E-state index contributed by atoms with van der Waals surface area (Å²) in [6.45, 7) is 0. The van der Waals surface area contributed by atoms with Gasteiger partial charge in [0.2, 0.25) is 0 Å². The van der Waals surface area contributed by atoms with E-state index in [0.29, 0.717) is 28.8 Å². The van der Waals surface area contributed by atoms with Crippen molar-refractivity contribution in [1.82, 2.24) is 5.32 Å². The third-order valence-corrected chi connectivity index (χ3v) is 9.84. The minimum atomic E-state index is 0.403. The van der Waals surface area contributed by atoms with Crippen LogP contribution in [-0.2, 0) is 5.41 Å². The summed E-state index contributed by atoms with van der Waals surface area (Å²) in [7, 11) is 0. The van der Waals surface area contributed by atoms with Crippen molar-refractivity contribution < 1.29 is 0 Å². The molecular formula is C24H34N2S2. The van der Waals surface area contributed by atoms with Crippen LogP contribution < -0.4 is 11.1 Å². The first-order chi connectivity index (χ1) is 13.6. The summed E-state index contributed by atoms with van der Waals surface area (Å²) in [5.74, 6) is 3.45. The predicted octanol–water partition coefficient (Wildman–Crippen LogP) is 4.91. The molecule has 0 heterocycles. The van der Waals surface area contributed by atoms with Gasteiger partial charge in [0.15, 0.2) is 0 Å². The molecule has 0 radical (unpaired) electrons. The number of rotatable bonds is 5. The van der Waals surface area contributed by atoms with E-state index in [4.69, 9.17) is 18.0 Å². The van der Waals surface area contributed by atoms with Crippen LogP contribution in [0.15, 0.2) is 30.3 Å². The highest BCUT2D eigenvalue weighted by molar-refractivity contribution is 7.98. The molecule has 4 bridgehead atoms. The lowest BCUT2D eigenvalue weighted by Gasteiger charge is -2.43. The highest BCUT2D eigenvalue weighted by Crippen LogP contribution is 2.73. The molecule has 28 heavy (non-hydrogen) atoms. The number of thiocarbonyl (C=S) groups is 1. The Labute approximate surface area is 179 Å². The third kappa shape index (κ3) is 3.06. The van der Waals surface area contributed by atoms with Crippen molar-refractivity contribution in [3.63, 3.8) is 0 Å². The van der Waals surface area contributed by atoms with Crippen molar-refractivity contribution in [2.75, 3.05) is 12.0 Å². The van der Waals surface area contributed by atoms with Gasteiger partial charge in [-0.3, -0.25) is 0 Å². The fourth-order valence-electron chi connectivity index (χ4n) is 7.67. The van der Waals surface area contributed by atoms with Gasteiger partial charge in [-0.2, -0.15) is 11.8 Å². The molecule has 4 heteroatoms. The summed E-state index contributed by atoms with van der Waals surface area (Å²) in [6, 6.07) is 12.4. The molecular weight excluding hydrogens is 380 g/mol. The minimum absolute atomic E-state index is 0.403. The molecule has 6 rings (SSSR count). The molecule has 5 saturated carbocycles. The molecule has 0 amide bonds. The molecule has 1 aromatic carbocycles. The van der Waals surface area contributed by atoms with E-state index >= 15 is 0 Å². The van der Waals surface area contributed by atoms with E-state index in [0.717, 1.165) is 24.7 Å². The van der Waals surface area contributed by atoms with Gasteiger partial charge < -0.3 is 11.1 Å². The molecule has 0 aliphatic heterocycles. The Morgan fingerprint density at radius 1 is 1.14 bits per heavy atom. The van der Waals surface area contributed by atoms with Crippen molar-refractivity contribution in [3.05, 3.63) is 35.9 Å². The van der Waals surface area contributed by atoms with Crippen LogP contribution in [0.5, 0.6) is 0 Å². The Bertz CT molecular complexity index is 729. The molecule has 0 aromatic heterocycles. The average Bonchev–Trinajstić information content (AvgIpc) is 3.05. The highest BCUT2D eigenvalue weighted by atomic mass is 32.2. The molecule has 0 saturated heterocycles.